The molecule has 0 bridgehead atoms. The number of aromatic amines is 1. The SMILES string of the molecule is CC1=C(CC(=O)Nc2ccc3n[nH]c(Cl)c3c2)C(c2ccc3ccccc3c2)CC(=O)N1. The van der Waals surface area contributed by atoms with Gasteiger partial charge in [-0.2, -0.15) is 5.10 Å². The molecule has 1 atom stereocenters. The van der Waals surface area contributed by atoms with Gasteiger partial charge in [0.1, 0.15) is 5.15 Å². The Kier molecular flexibility index (Phi) is 5.15. The third-order valence-corrected chi connectivity index (χ3v) is 6.23. The number of amides is 2. The molecule has 0 fully saturated rings. The highest BCUT2D eigenvalue weighted by Gasteiger charge is 2.29. The topological polar surface area (TPSA) is 86.9 Å². The van der Waals surface area contributed by atoms with Crippen LogP contribution >= 0.6 is 11.6 Å². The molecular formula is C25H21ClN4O2. The fraction of sp³-hybridized carbons (Fsp3) is 0.160. The van der Waals surface area contributed by atoms with Gasteiger partial charge in [-0.1, -0.05) is 54.1 Å². The zero-order valence-electron chi connectivity index (χ0n) is 17.4. The molecule has 1 aromatic heterocycles. The van der Waals surface area contributed by atoms with Crippen molar-refractivity contribution >= 4 is 50.8 Å². The molecule has 1 unspecified atom stereocenters. The number of benzene rings is 3. The molecule has 3 aromatic carbocycles. The standard InChI is InChI=1S/C25H21ClN4O2/c1-14-19(12-24(32)28-18-8-9-22-21(11-18)25(26)30-29-22)20(13-23(31)27-14)17-7-6-15-4-2-3-5-16(15)10-17/h2-11,20H,12-13H2,1H3,(H,27,31)(H,28,32)(H,29,30). The van der Waals surface area contributed by atoms with Crippen molar-refractivity contribution in [3.63, 3.8) is 0 Å². The van der Waals surface area contributed by atoms with Crippen LogP contribution in [0.25, 0.3) is 21.7 Å². The van der Waals surface area contributed by atoms with Gasteiger partial charge in [-0.05, 0) is 47.0 Å². The van der Waals surface area contributed by atoms with E-state index in [1.165, 1.54) is 0 Å². The molecule has 2 heterocycles. The van der Waals surface area contributed by atoms with Gasteiger partial charge < -0.3 is 10.6 Å². The minimum atomic E-state index is -0.153. The van der Waals surface area contributed by atoms with Crippen LogP contribution in [0.2, 0.25) is 5.15 Å². The number of hydrogen-bond donors (Lipinski definition) is 3. The van der Waals surface area contributed by atoms with Gasteiger partial charge >= 0.3 is 0 Å². The van der Waals surface area contributed by atoms with E-state index in [2.05, 4.69) is 45.1 Å². The van der Waals surface area contributed by atoms with E-state index in [9.17, 15) is 9.59 Å². The van der Waals surface area contributed by atoms with Crippen LogP contribution in [0.5, 0.6) is 0 Å². The zero-order chi connectivity index (χ0) is 22.2. The monoisotopic (exact) mass is 444 g/mol. The second-order valence-electron chi connectivity index (χ2n) is 8.06. The molecule has 4 aromatic rings. The Morgan fingerprint density at radius 3 is 2.78 bits per heavy atom. The maximum Gasteiger partial charge on any atom is 0.228 e. The Hall–Kier alpha value is -3.64. The summed E-state index contributed by atoms with van der Waals surface area (Å²) in [4.78, 5) is 25.2. The molecule has 5 rings (SSSR count). The van der Waals surface area contributed by atoms with Crippen molar-refractivity contribution in [3.8, 4) is 0 Å². The van der Waals surface area contributed by atoms with Gasteiger partial charge in [-0.25, -0.2) is 0 Å². The van der Waals surface area contributed by atoms with Gasteiger partial charge in [0.2, 0.25) is 11.8 Å². The van der Waals surface area contributed by atoms with Gasteiger partial charge in [0.15, 0.2) is 0 Å². The van der Waals surface area contributed by atoms with Crippen LogP contribution in [-0.4, -0.2) is 22.0 Å². The summed E-state index contributed by atoms with van der Waals surface area (Å²) in [5.41, 5.74) is 4.07. The lowest BCUT2D eigenvalue weighted by molar-refractivity contribution is -0.121. The van der Waals surface area contributed by atoms with Crippen LogP contribution in [0.15, 0.2) is 71.9 Å². The van der Waals surface area contributed by atoms with Crippen LogP contribution in [0, 0.1) is 0 Å². The fourth-order valence-electron chi connectivity index (χ4n) is 4.34. The number of aromatic nitrogens is 2. The summed E-state index contributed by atoms with van der Waals surface area (Å²) in [7, 11) is 0. The molecule has 6 nitrogen and oxygen atoms in total. The third kappa shape index (κ3) is 3.85. The predicted molar refractivity (Wildman–Crippen MR) is 126 cm³/mol. The lowest BCUT2D eigenvalue weighted by atomic mass is 9.82. The van der Waals surface area contributed by atoms with E-state index in [4.69, 9.17) is 11.6 Å². The molecule has 1 aliphatic rings. The number of nitrogens with zero attached hydrogens (tertiary/aromatic N) is 1. The van der Waals surface area contributed by atoms with E-state index in [-0.39, 0.29) is 24.2 Å². The molecule has 0 aliphatic carbocycles. The Morgan fingerprint density at radius 1 is 1.12 bits per heavy atom. The third-order valence-electron chi connectivity index (χ3n) is 5.94. The second-order valence-corrected chi connectivity index (χ2v) is 8.43. The molecule has 0 spiro atoms. The first kappa shape index (κ1) is 20.3. The Morgan fingerprint density at radius 2 is 1.94 bits per heavy atom. The molecule has 0 radical (unpaired) electrons. The molecule has 3 N–H and O–H groups in total. The normalized spacial score (nSPS) is 16.4. The van der Waals surface area contributed by atoms with Crippen molar-refractivity contribution in [1.82, 2.24) is 15.5 Å². The van der Waals surface area contributed by atoms with E-state index in [0.29, 0.717) is 17.3 Å². The summed E-state index contributed by atoms with van der Waals surface area (Å²) in [6, 6.07) is 19.7. The number of allylic oxidation sites excluding steroid dienone is 1. The zero-order valence-corrected chi connectivity index (χ0v) is 18.2. The molecule has 7 heteroatoms. The van der Waals surface area contributed by atoms with Crippen LogP contribution in [0.1, 0.15) is 31.2 Å². The number of carbonyl (C=O) groups excluding carboxylic acids is 2. The van der Waals surface area contributed by atoms with E-state index >= 15 is 0 Å². The van der Waals surface area contributed by atoms with Gasteiger partial charge in [-0.15, -0.1) is 0 Å². The van der Waals surface area contributed by atoms with Gasteiger partial charge in [-0.3, -0.25) is 14.7 Å². The average molecular weight is 445 g/mol. The summed E-state index contributed by atoms with van der Waals surface area (Å²) >= 11 is 6.12. The van der Waals surface area contributed by atoms with Crippen LogP contribution in [-0.2, 0) is 9.59 Å². The molecule has 160 valence electrons. The Bertz CT molecular complexity index is 1410. The molecule has 32 heavy (non-hydrogen) atoms. The predicted octanol–water partition coefficient (Wildman–Crippen LogP) is 5.28. The van der Waals surface area contributed by atoms with Crippen LogP contribution in [0.4, 0.5) is 5.69 Å². The number of anilines is 1. The highest BCUT2D eigenvalue weighted by Crippen LogP contribution is 2.36. The number of H-pyrrole nitrogens is 1. The van der Waals surface area contributed by atoms with E-state index in [1.54, 1.807) is 18.2 Å². The summed E-state index contributed by atoms with van der Waals surface area (Å²) < 4.78 is 0. The summed E-state index contributed by atoms with van der Waals surface area (Å²) in [6.45, 7) is 1.85. The fourth-order valence-corrected chi connectivity index (χ4v) is 4.54. The minimum Gasteiger partial charge on any atom is -0.330 e. The molecule has 0 saturated carbocycles. The first-order valence-electron chi connectivity index (χ1n) is 10.4. The van der Waals surface area contributed by atoms with E-state index in [1.807, 2.05) is 25.1 Å². The number of fused-ring (bicyclic) bond motifs is 2. The lowest BCUT2D eigenvalue weighted by Crippen LogP contribution is -2.32. The number of hydrogen-bond acceptors (Lipinski definition) is 3. The number of nitrogens with one attached hydrogen (secondary N) is 3. The first-order chi connectivity index (χ1) is 15.5. The average Bonchev–Trinajstić information content (AvgIpc) is 3.15. The van der Waals surface area contributed by atoms with E-state index < -0.39 is 0 Å². The van der Waals surface area contributed by atoms with Gasteiger partial charge in [0.05, 0.1) is 11.9 Å². The van der Waals surface area contributed by atoms with Crippen molar-refractivity contribution in [2.75, 3.05) is 5.32 Å². The Labute approximate surface area is 189 Å². The van der Waals surface area contributed by atoms with Crippen molar-refractivity contribution < 1.29 is 9.59 Å². The van der Waals surface area contributed by atoms with Crippen LogP contribution < -0.4 is 10.6 Å². The maximum atomic E-state index is 12.9. The maximum absolute atomic E-state index is 12.9. The van der Waals surface area contributed by atoms with Crippen molar-refractivity contribution in [2.45, 2.75) is 25.7 Å². The highest BCUT2D eigenvalue weighted by molar-refractivity contribution is 6.34. The summed E-state index contributed by atoms with van der Waals surface area (Å²) in [5, 5.41) is 16.1. The summed E-state index contributed by atoms with van der Waals surface area (Å²) in [6.07, 6.45) is 0.496. The Balaban J connectivity index is 1.42. The minimum absolute atomic E-state index is 0.0372. The molecule has 2 amide bonds. The van der Waals surface area contributed by atoms with Crippen molar-refractivity contribution in [1.29, 1.82) is 0 Å². The highest BCUT2D eigenvalue weighted by atomic mass is 35.5. The van der Waals surface area contributed by atoms with Gasteiger partial charge in [0.25, 0.3) is 0 Å². The first-order valence-corrected chi connectivity index (χ1v) is 10.8. The van der Waals surface area contributed by atoms with E-state index in [0.717, 1.165) is 38.5 Å². The second kappa shape index (κ2) is 8.13. The summed E-state index contributed by atoms with van der Waals surface area (Å²) in [5.74, 6) is -0.338. The molecule has 1 aliphatic heterocycles. The van der Waals surface area contributed by atoms with Crippen molar-refractivity contribution in [2.24, 2.45) is 0 Å². The smallest absolute Gasteiger partial charge is 0.228 e. The number of rotatable bonds is 4. The van der Waals surface area contributed by atoms with Gasteiger partial charge in [0, 0.05) is 29.1 Å². The molecular weight excluding hydrogens is 424 g/mol. The van der Waals surface area contributed by atoms with Crippen molar-refractivity contribution in [3.05, 3.63) is 82.7 Å². The largest absolute Gasteiger partial charge is 0.330 e. The number of carbonyl (C=O) groups is 2. The lowest BCUT2D eigenvalue weighted by Gasteiger charge is -2.28. The molecule has 0 saturated heterocycles. The quantitative estimate of drug-likeness (QED) is 0.400. The number of halogens is 1. The van der Waals surface area contributed by atoms with Crippen LogP contribution in [0.3, 0.4) is 0 Å².